The first kappa shape index (κ1) is 14.8. The van der Waals surface area contributed by atoms with Crippen molar-refractivity contribution < 1.29 is 4.79 Å². The van der Waals surface area contributed by atoms with Crippen LogP contribution in [0.1, 0.15) is 39.5 Å². The lowest BCUT2D eigenvalue weighted by Gasteiger charge is -2.33. The van der Waals surface area contributed by atoms with Gasteiger partial charge in [-0.15, -0.1) is 0 Å². The summed E-state index contributed by atoms with van der Waals surface area (Å²) in [5.74, 6) is 3.15. The zero-order chi connectivity index (χ0) is 12.7. The molecule has 0 aliphatic carbocycles. The van der Waals surface area contributed by atoms with E-state index in [0.717, 1.165) is 43.9 Å². The molecule has 2 N–H and O–H groups in total. The molecule has 2 atom stereocenters. The van der Waals surface area contributed by atoms with Gasteiger partial charge in [0.1, 0.15) is 0 Å². The molecular weight excluding hydrogens is 232 g/mol. The summed E-state index contributed by atoms with van der Waals surface area (Å²) in [7, 11) is 0. The summed E-state index contributed by atoms with van der Waals surface area (Å²) in [4.78, 5) is 14.2. The molecule has 100 valence electrons. The maximum absolute atomic E-state index is 12.1. The summed E-state index contributed by atoms with van der Waals surface area (Å²) in [6.07, 6.45) is 3.89. The Morgan fingerprint density at radius 2 is 2.29 bits per heavy atom. The molecule has 17 heavy (non-hydrogen) atoms. The van der Waals surface area contributed by atoms with Gasteiger partial charge in [-0.25, -0.2) is 0 Å². The van der Waals surface area contributed by atoms with Gasteiger partial charge < -0.3 is 10.6 Å². The standard InChI is InChI=1S/C13H26N2OS/c1-3-12(6-7-14)4-5-13(16)15-8-9-17-10-11(15)2/h11-12H,3-10,14H2,1-2H3. The van der Waals surface area contributed by atoms with Crippen molar-refractivity contribution in [2.24, 2.45) is 11.7 Å². The van der Waals surface area contributed by atoms with Crippen molar-refractivity contribution in [2.45, 2.75) is 45.6 Å². The summed E-state index contributed by atoms with van der Waals surface area (Å²) in [6.45, 7) is 6.01. The van der Waals surface area contributed by atoms with Crippen LogP contribution in [0.4, 0.5) is 0 Å². The molecular formula is C13H26N2OS. The molecule has 0 saturated carbocycles. The van der Waals surface area contributed by atoms with Crippen LogP contribution in [0.2, 0.25) is 0 Å². The minimum Gasteiger partial charge on any atom is -0.338 e. The average Bonchev–Trinajstić information content (AvgIpc) is 2.34. The van der Waals surface area contributed by atoms with E-state index in [1.165, 1.54) is 0 Å². The first-order valence-corrected chi connectivity index (χ1v) is 7.91. The summed E-state index contributed by atoms with van der Waals surface area (Å²) in [5.41, 5.74) is 5.58. The number of thioether (sulfide) groups is 1. The van der Waals surface area contributed by atoms with Crippen LogP contribution in [0.3, 0.4) is 0 Å². The molecule has 2 unspecified atom stereocenters. The zero-order valence-electron chi connectivity index (χ0n) is 11.2. The molecule has 0 radical (unpaired) electrons. The van der Waals surface area contributed by atoms with Crippen molar-refractivity contribution in [3.63, 3.8) is 0 Å². The van der Waals surface area contributed by atoms with Crippen LogP contribution in [-0.4, -0.2) is 41.4 Å². The lowest BCUT2D eigenvalue weighted by atomic mass is 9.96. The maximum atomic E-state index is 12.1. The number of hydrogen-bond donors (Lipinski definition) is 1. The average molecular weight is 258 g/mol. The van der Waals surface area contributed by atoms with E-state index in [-0.39, 0.29) is 0 Å². The van der Waals surface area contributed by atoms with Crippen LogP contribution in [0.5, 0.6) is 0 Å². The van der Waals surface area contributed by atoms with Gasteiger partial charge in [0.2, 0.25) is 5.91 Å². The van der Waals surface area contributed by atoms with E-state index in [1.54, 1.807) is 0 Å². The third-order valence-electron chi connectivity index (χ3n) is 3.61. The maximum Gasteiger partial charge on any atom is 0.222 e. The highest BCUT2D eigenvalue weighted by Gasteiger charge is 2.23. The Labute approximate surface area is 109 Å². The van der Waals surface area contributed by atoms with Gasteiger partial charge in [-0.2, -0.15) is 11.8 Å². The molecule has 0 aromatic rings. The molecule has 1 fully saturated rings. The Balaban J connectivity index is 2.32. The number of nitrogens with two attached hydrogens (primary N) is 1. The van der Waals surface area contributed by atoms with Crippen LogP contribution in [-0.2, 0) is 4.79 Å². The molecule has 1 aliphatic heterocycles. The second-order valence-electron chi connectivity index (χ2n) is 4.90. The normalized spacial score (nSPS) is 22.5. The fourth-order valence-electron chi connectivity index (χ4n) is 2.36. The van der Waals surface area contributed by atoms with Crippen molar-refractivity contribution >= 4 is 17.7 Å². The van der Waals surface area contributed by atoms with Gasteiger partial charge in [-0.1, -0.05) is 13.3 Å². The highest BCUT2D eigenvalue weighted by molar-refractivity contribution is 7.99. The van der Waals surface area contributed by atoms with Gasteiger partial charge in [0, 0.05) is 30.5 Å². The smallest absolute Gasteiger partial charge is 0.222 e. The van der Waals surface area contributed by atoms with Gasteiger partial charge in [-0.3, -0.25) is 4.79 Å². The molecule has 0 aromatic heterocycles. The van der Waals surface area contributed by atoms with E-state index < -0.39 is 0 Å². The monoisotopic (exact) mass is 258 g/mol. The lowest BCUT2D eigenvalue weighted by molar-refractivity contribution is -0.133. The minimum absolute atomic E-state index is 0.341. The van der Waals surface area contributed by atoms with Gasteiger partial charge in [0.15, 0.2) is 0 Å². The van der Waals surface area contributed by atoms with Crippen molar-refractivity contribution in [3.05, 3.63) is 0 Å². The van der Waals surface area contributed by atoms with Gasteiger partial charge in [0.25, 0.3) is 0 Å². The van der Waals surface area contributed by atoms with Crippen LogP contribution in [0.15, 0.2) is 0 Å². The molecule has 1 saturated heterocycles. The topological polar surface area (TPSA) is 46.3 Å². The largest absolute Gasteiger partial charge is 0.338 e. The Bertz CT molecular complexity index is 235. The third-order valence-corrected chi connectivity index (χ3v) is 4.80. The van der Waals surface area contributed by atoms with E-state index >= 15 is 0 Å². The molecule has 1 aliphatic rings. The Kier molecular flexibility index (Phi) is 6.97. The summed E-state index contributed by atoms with van der Waals surface area (Å²) < 4.78 is 0. The molecule has 0 spiro atoms. The second kappa shape index (κ2) is 7.98. The zero-order valence-corrected chi connectivity index (χ0v) is 12.0. The predicted octanol–water partition coefficient (Wildman–Crippen LogP) is 2.11. The van der Waals surface area contributed by atoms with Gasteiger partial charge in [0.05, 0.1) is 0 Å². The first-order chi connectivity index (χ1) is 8.19. The van der Waals surface area contributed by atoms with Gasteiger partial charge >= 0.3 is 0 Å². The van der Waals surface area contributed by atoms with E-state index in [0.29, 0.717) is 24.3 Å². The molecule has 3 nitrogen and oxygen atoms in total. The molecule has 0 bridgehead atoms. The summed E-state index contributed by atoms with van der Waals surface area (Å²) in [5, 5.41) is 0. The van der Waals surface area contributed by atoms with E-state index in [4.69, 9.17) is 5.73 Å². The van der Waals surface area contributed by atoms with Crippen LogP contribution in [0, 0.1) is 5.92 Å². The fraction of sp³-hybridized carbons (Fsp3) is 0.923. The number of nitrogens with zero attached hydrogens (tertiary/aromatic N) is 1. The fourth-order valence-corrected chi connectivity index (χ4v) is 3.37. The van der Waals surface area contributed by atoms with Crippen LogP contribution in [0.25, 0.3) is 0 Å². The molecule has 0 aromatic carbocycles. The minimum atomic E-state index is 0.341. The lowest BCUT2D eigenvalue weighted by Crippen LogP contribution is -2.44. The Hall–Kier alpha value is -0.220. The number of carbonyl (C=O) groups excluding carboxylic acids is 1. The molecule has 1 amide bonds. The second-order valence-corrected chi connectivity index (χ2v) is 6.05. The molecule has 1 rings (SSSR count). The van der Waals surface area contributed by atoms with Crippen LogP contribution >= 0.6 is 11.8 Å². The molecule has 4 heteroatoms. The highest BCUT2D eigenvalue weighted by atomic mass is 32.2. The van der Waals surface area contributed by atoms with Gasteiger partial charge in [-0.05, 0) is 32.2 Å². The van der Waals surface area contributed by atoms with Crippen molar-refractivity contribution in [1.82, 2.24) is 4.90 Å². The number of hydrogen-bond acceptors (Lipinski definition) is 3. The highest BCUT2D eigenvalue weighted by Crippen LogP contribution is 2.20. The number of amides is 1. The van der Waals surface area contributed by atoms with Crippen molar-refractivity contribution in [2.75, 3.05) is 24.6 Å². The number of carbonyl (C=O) groups is 1. The Morgan fingerprint density at radius 3 is 2.88 bits per heavy atom. The summed E-state index contributed by atoms with van der Waals surface area (Å²) >= 11 is 1.95. The number of rotatable bonds is 6. The SMILES string of the molecule is CCC(CCN)CCC(=O)N1CCSCC1C. The van der Waals surface area contributed by atoms with E-state index in [9.17, 15) is 4.79 Å². The Morgan fingerprint density at radius 1 is 1.53 bits per heavy atom. The van der Waals surface area contributed by atoms with E-state index in [1.807, 2.05) is 11.8 Å². The van der Waals surface area contributed by atoms with E-state index in [2.05, 4.69) is 18.7 Å². The quantitative estimate of drug-likeness (QED) is 0.793. The van der Waals surface area contributed by atoms with Crippen LogP contribution < -0.4 is 5.73 Å². The van der Waals surface area contributed by atoms with Crippen molar-refractivity contribution in [3.8, 4) is 0 Å². The third kappa shape index (κ3) is 4.88. The van der Waals surface area contributed by atoms with Crippen molar-refractivity contribution in [1.29, 1.82) is 0 Å². The first-order valence-electron chi connectivity index (χ1n) is 6.76. The molecule has 1 heterocycles. The summed E-state index contributed by atoms with van der Waals surface area (Å²) in [6, 6.07) is 0.413. The predicted molar refractivity (Wildman–Crippen MR) is 75.2 cm³/mol.